The van der Waals surface area contributed by atoms with Crippen molar-refractivity contribution in [3.8, 4) is 22.6 Å². The Kier molecular flexibility index (Phi) is 8.14. The minimum atomic E-state index is -4.46. The lowest BCUT2D eigenvalue weighted by Crippen LogP contribution is -2.34. The van der Waals surface area contributed by atoms with Gasteiger partial charge in [0.05, 0.1) is 27.5 Å². The van der Waals surface area contributed by atoms with E-state index in [-0.39, 0.29) is 15.7 Å². The quantitative estimate of drug-likeness (QED) is 0.192. The van der Waals surface area contributed by atoms with Gasteiger partial charge in [0.2, 0.25) is 0 Å². The fourth-order valence-electron chi connectivity index (χ4n) is 4.60. The molecule has 0 aliphatic heterocycles. The number of hydrogen-bond acceptors (Lipinski definition) is 3. The zero-order chi connectivity index (χ0) is 30.2. The topological polar surface area (TPSA) is 63.9 Å². The Morgan fingerprint density at radius 2 is 1.62 bits per heavy atom. The Morgan fingerprint density at radius 3 is 2.31 bits per heavy atom. The van der Waals surface area contributed by atoms with Gasteiger partial charge in [-0.2, -0.15) is 18.3 Å². The maximum Gasteiger partial charge on any atom is 0.416 e. The molecular formula is C30H22Cl2F3N5OS. The third kappa shape index (κ3) is 6.06. The summed E-state index contributed by atoms with van der Waals surface area (Å²) in [6.07, 6.45) is -4.46. The predicted molar refractivity (Wildman–Crippen MR) is 163 cm³/mol. The number of anilines is 1. The molecule has 0 saturated carbocycles. The molecule has 0 aliphatic carbocycles. The van der Waals surface area contributed by atoms with Gasteiger partial charge in [0, 0.05) is 33.7 Å². The van der Waals surface area contributed by atoms with Crippen molar-refractivity contribution in [2.24, 2.45) is 0 Å². The number of thiocarbonyl (C=S) groups is 1. The fraction of sp³-hybridized carbons (Fsp3) is 0.100. The molecule has 0 bridgehead atoms. The van der Waals surface area contributed by atoms with Gasteiger partial charge in [-0.3, -0.25) is 10.1 Å². The molecule has 12 heteroatoms. The average Bonchev–Trinajstić information content (AvgIpc) is 3.48. The zero-order valence-corrected chi connectivity index (χ0v) is 24.5. The lowest BCUT2D eigenvalue weighted by molar-refractivity contribution is -0.137. The summed E-state index contributed by atoms with van der Waals surface area (Å²) < 4.78 is 43.6. The third-order valence-electron chi connectivity index (χ3n) is 6.49. The van der Waals surface area contributed by atoms with Gasteiger partial charge in [-0.15, -0.1) is 0 Å². The Hall–Kier alpha value is -4.12. The fourth-order valence-corrected chi connectivity index (χ4v) is 5.29. The number of amides is 1. The number of hydrogen-bond donors (Lipinski definition) is 2. The molecule has 42 heavy (non-hydrogen) atoms. The Bertz CT molecular complexity index is 1820. The molecular weight excluding hydrogens is 606 g/mol. The molecule has 5 rings (SSSR count). The number of para-hydroxylation sites is 1. The number of nitrogens with zero attached hydrogens (tertiary/aromatic N) is 3. The van der Waals surface area contributed by atoms with Crippen molar-refractivity contribution in [2.75, 3.05) is 5.32 Å². The van der Waals surface area contributed by atoms with Crippen LogP contribution in [0.15, 0.2) is 84.9 Å². The van der Waals surface area contributed by atoms with Crippen LogP contribution in [0.4, 0.5) is 19.0 Å². The van der Waals surface area contributed by atoms with Crippen LogP contribution in [0.1, 0.15) is 27.3 Å². The van der Waals surface area contributed by atoms with E-state index in [4.69, 9.17) is 40.5 Å². The van der Waals surface area contributed by atoms with Crippen LogP contribution >= 0.6 is 35.4 Å². The van der Waals surface area contributed by atoms with Crippen LogP contribution in [0.25, 0.3) is 22.6 Å². The van der Waals surface area contributed by atoms with Crippen LogP contribution in [0, 0.1) is 13.8 Å². The van der Waals surface area contributed by atoms with E-state index < -0.39 is 17.6 Å². The smallest absolute Gasteiger partial charge is 0.318 e. The number of halogens is 5. The second-order valence-corrected chi connectivity index (χ2v) is 10.6. The second kappa shape index (κ2) is 11.6. The van der Waals surface area contributed by atoms with Crippen molar-refractivity contribution in [3.05, 3.63) is 117 Å². The summed E-state index contributed by atoms with van der Waals surface area (Å²) in [4.78, 5) is 12.8. The van der Waals surface area contributed by atoms with Crippen molar-refractivity contribution in [1.82, 2.24) is 19.7 Å². The van der Waals surface area contributed by atoms with E-state index in [1.807, 2.05) is 50.2 Å². The molecule has 0 aliphatic rings. The van der Waals surface area contributed by atoms with Crippen LogP contribution in [0.2, 0.25) is 10.0 Å². The van der Waals surface area contributed by atoms with Crippen molar-refractivity contribution in [1.29, 1.82) is 0 Å². The Morgan fingerprint density at radius 1 is 0.905 bits per heavy atom. The summed E-state index contributed by atoms with van der Waals surface area (Å²) in [5.41, 5.74) is 3.25. The van der Waals surface area contributed by atoms with Gasteiger partial charge in [0.15, 0.2) is 5.11 Å². The maximum absolute atomic E-state index is 13.4. The highest BCUT2D eigenvalue weighted by Gasteiger charge is 2.31. The van der Waals surface area contributed by atoms with E-state index in [0.29, 0.717) is 39.2 Å². The van der Waals surface area contributed by atoms with Crippen LogP contribution in [-0.4, -0.2) is 25.4 Å². The van der Waals surface area contributed by atoms with Gasteiger partial charge in [-0.25, -0.2) is 4.68 Å². The van der Waals surface area contributed by atoms with Gasteiger partial charge in [0.25, 0.3) is 5.91 Å². The molecule has 0 atom stereocenters. The first kappa shape index (κ1) is 29.4. The first-order chi connectivity index (χ1) is 19.9. The summed E-state index contributed by atoms with van der Waals surface area (Å²) >= 11 is 17.5. The summed E-state index contributed by atoms with van der Waals surface area (Å²) in [7, 11) is 0. The lowest BCUT2D eigenvalue weighted by atomic mass is 10.1. The molecule has 0 spiro atoms. The van der Waals surface area contributed by atoms with Crippen LogP contribution in [0.3, 0.4) is 0 Å². The normalized spacial score (nSPS) is 11.4. The highest BCUT2D eigenvalue weighted by atomic mass is 35.5. The van der Waals surface area contributed by atoms with Crippen LogP contribution < -0.4 is 10.6 Å². The lowest BCUT2D eigenvalue weighted by Gasteiger charge is -2.13. The maximum atomic E-state index is 13.4. The SMILES string of the molecule is Cc1cc(-c2cc(NC(=S)NC(=O)c3ccc(Cl)cc3Cl)n(-c3ccccc3)n2)c(C)n1-c1cccc(C(F)(F)F)c1. The van der Waals surface area contributed by atoms with Gasteiger partial charge in [-0.1, -0.05) is 47.5 Å². The summed E-state index contributed by atoms with van der Waals surface area (Å²) in [6.45, 7) is 3.63. The second-order valence-electron chi connectivity index (χ2n) is 9.36. The molecule has 2 aromatic heterocycles. The molecule has 0 unspecified atom stereocenters. The molecule has 5 aromatic rings. The number of benzene rings is 3. The number of aromatic nitrogens is 3. The summed E-state index contributed by atoms with van der Waals surface area (Å²) in [5.74, 6) is -0.0719. The van der Waals surface area contributed by atoms with Crippen LogP contribution in [0.5, 0.6) is 0 Å². The van der Waals surface area contributed by atoms with Gasteiger partial charge < -0.3 is 9.88 Å². The molecule has 0 radical (unpaired) electrons. The summed E-state index contributed by atoms with van der Waals surface area (Å²) in [5, 5.41) is 11.0. The minimum Gasteiger partial charge on any atom is -0.318 e. The molecule has 3 aromatic carbocycles. The molecule has 0 saturated heterocycles. The van der Waals surface area contributed by atoms with E-state index >= 15 is 0 Å². The van der Waals surface area contributed by atoms with E-state index in [1.54, 1.807) is 27.4 Å². The van der Waals surface area contributed by atoms with Gasteiger partial charge in [-0.05, 0) is 80.7 Å². The number of carbonyl (C=O) groups excluding carboxylic acids is 1. The van der Waals surface area contributed by atoms with Gasteiger partial charge >= 0.3 is 6.18 Å². The molecule has 6 nitrogen and oxygen atoms in total. The highest BCUT2D eigenvalue weighted by molar-refractivity contribution is 7.80. The molecule has 214 valence electrons. The Balaban J connectivity index is 1.50. The average molecular weight is 629 g/mol. The monoisotopic (exact) mass is 627 g/mol. The third-order valence-corrected chi connectivity index (χ3v) is 7.25. The standard InChI is InChI=1S/C30H22Cl2F3N5OS/c1-17-13-24(18(2)39(17)22-10-6-7-19(14-22)30(33,34)35)26-16-27(40(38-26)21-8-4-3-5-9-21)36-29(42)37-28(41)23-12-11-20(31)15-25(23)32/h3-16H,1-2H3,(H2,36,37,41,42). The first-order valence-electron chi connectivity index (χ1n) is 12.5. The molecule has 2 N–H and O–H groups in total. The number of rotatable bonds is 5. The minimum absolute atomic E-state index is 0.00378. The number of aryl methyl sites for hydroxylation is 1. The van der Waals surface area contributed by atoms with Gasteiger partial charge in [0.1, 0.15) is 5.82 Å². The largest absolute Gasteiger partial charge is 0.416 e. The summed E-state index contributed by atoms with van der Waals surface area (Å²) in [6, 6.07) is 22.5. The van der Waals surface area contributed by atoms with Crippen molar-refractivity contribution in [2.45, 2.75) is 20.0 Å². The molecule has 1 amide bonds. The van der Waals surface area contributed by atoms with E-state index in [9.17, 15) is 18.0 Å². The first-order valence-corrected chi connectivity index (χ1v) is 13.7. The van der Waals surface area contributed by atoms with E-state index in [1.165, 1.54) is 18.2 Å². The van der Waals surface area contributed by atoms with Crippen molar-refractivity contribution >= 4 is 52.3 Å². The predicted octanol–water partition coefficient (Wildman–Crippen LogP) is 8.40. The van der Waals surface area contributed by atoms with Crippen LogP contribution in [-0.2, 0) is 6.18 Å². The number of nitrogens with one attached hydrogen (secondary N) is 2. The van der Waals surface area contributed by atoms with E-state index in [0.717, 1.165) is 17.8 Å². The number of carbonyl (C=O) groups is 1. The van der Waals surface area contributed by atoms with E-state index in [2.05, 4.69) is 10.6 Å². The van der Waals surface area contributed by atoms with Crippen molar-refractivity contribution in [3.63, 3.8) is 0 Å². The van der Waals surface area contributed by atoms with Crippen molar-refractivity contribution < 1.29 is 18.0 Å². The number of alkyl halides is 3. The Labute approximate surface area is 254 Å². The highest BCUT2D eigenvalue weighted by Crippen LogP contribution is 2.34. The zero-order valence-electron chi connectivity index (χ0n) is 22.1. The molecule has 0 fully saturated rings. The molecule has 2 heterocycles.